The lowest BCUT2D eigenvalue weighted by atomic mass is 9.93. The van der Waals surface area contributed by atoms with Gasteiger partial charge in [-0.1, -0.05) is 17.9 Å². The van der Waals surface area contributed by atoms with Gasteiger partial charge in [0, 0.05) is 18.7 Å². The van der Waals surface area contributed by atoms with Gasteiger partial charge < -0.3 is 15.1 Å². The highest BCUT2D eigenvalue weighted by atomic mass is 16.3. The molecule has 0 aromatic heterocycles. The number of rotatable bonds is 1. The van der Waals surface area contributed by atoms with Gasteiger partial charge in [-0.3, -0.25) is 4.79 Å². The van der Waals surface area contributed by atoms with Crippen molar-refractivity contribution in [1.82, 2.24) is 4.90 Å². The number of aliphatic hydroxyl groups excluding tert-OH is 1. The molecule has 2 rings (SSSR count). The van der Waals surface area contributed by atoms with E-state index in [1.807, 2.05) is 19.1 Å². The summed E-state index contributed by atoms with van der Waals surface area (Å²) < 4.78 is 0. The SMILES string of the molecule is Cc1ccc(C(=O)N2CCC(C)(O)CC2)c(C#CCO)c1. The summed E-state index contributed by atoms with van der Waals surface area (Å²) in [5, 5.41) is 18.8. The maximum atomic E-state index is 12.6. The number of carbonyl (C=O) groups excluding carboxylic acids is 1. The van der Waals surface area contributed by atoms with Crippen LogP contribution < -0.4 is 0 Å². The van der Waals surface area contributed by atoms with E-state index < -0.39 is 5.60 Å². The molecule has 0 radical (unpaired) electrons. The topological polar surface area (TPSA) is 60.8 Å². The smallest absolute Gasteiger partial charge is 0.255 e. The van der Waals surface area contributed by atoms with Crippen molar-refractivity contribution in [2.24, 2.45) is 0 Å². The van der Waals surface area contributed by atoms with Crippen LogP contribution >= 0.6 is 0 Å². The Bertz CT molecular complexity index is 586. The predicted octanol–water partition coefficient (Wildman–Crippen LogP) is 1.33. The minimum absolute atomic E-state index is 0.0623. The van der Waals surface area contributed by atoms with Crippen LogP contribution in [0, 0.1) is 18.8 Å². The molecule has 1 aliphatic rings. The Kier molecular flexibility index (Phi) is 4.66. The third-order valence-electron chi connectivity index (χ3n) is 3.84. The summed E-state index contributed by atoms with van der Waals surface area (Å²) in [4.78, 5) is 14.4. The van der Waals surface area contributed by atoms with E-state index >= 15 is 0 Å². The molecular weight excluding hydrogens is 266 g/mol. The van der Waals surface area contributed by atoms with Crippen molar-refractivity contribution >= 4 is 5.91 Å². The highest BCUT2D eigenvalue weighted by Gasteiger charge is 2.30. The molecule has 1 fully saturated rings. The molecule has 0 saturated carbocycles. The Labute approximate surface area is 125 Å². The second-order valence-electron chi connectivity index (χ2n) is 5.80. The van der Waals surface area contributed by atoms with Crippen molar-refractivity contribution in [3.63, 3.8) is 0 Å². The molecule has 1 aromatic carbocycles. The van der Waals surface area contributed by atoms with E-state index in [4.69, 9.17) is 5.11 Å². The molecule has 0 aliphatic carbocycles. The third-order valence-corrected chi connectivity index (χ3v) is 3.84. The van der Waals surface area contributed by atoms with Crippen molar-refractivity contribution in [1.29, 1.82) is 0 Å². The van der Waals surface area contributed by atoms with Gasteiger partial charge in [0.1, 0.15) is 6.61 Å². The number of hydrogen-bond acceptors (Lipinski definition) is 3. The van der Waals surface area contributed by atoms with Gasteiger partial charge in [-0.15, -0.1) is 0 Å². The Morgan fingerprint density at radius 2 is 2.05 bits per heavy atom. The highest BCUT2D eigenvalue weighted by molar-refractivity contribution is 5.97. The largest absolute Gasteiger partial charge is 0.390 e. The molecule has 4 heteroatoms. The predicted molar refractivity (Wildman–Crippen MR) is 80.9 cm³/mol. The van der Waals surface area contributed by atoms with E-state index in [0.717, 1.165) is 5.56 Å². The van der Waals surface area contributed by atoms with E-state index in [1.165, 1.54) is 0 Å². The molecule has 1 aromatic rings. The molecular formula is C17H21NO3. The van der Waals surface area contributed by atoms with Crippen LogP contribution in [0.2, 0.25) is 0 Å². The Hall–Kier alpha value is -1.83. The lowest BCUT2D eigenvalue weighted by Crippen LogP contribution is -2.45. The minimum Gasteiger partial charge on any atom is -0.390 e. The number of amides is 1. The lowest BCUT2D eigenvalue weighted by molar-refractivity contribution is -0.00203. The van der Waals surface area contributed by atoms with Gasteiger partial charge in [0.25, 0.3) is 5.91 Å². The minimum atomic E-state index is -0.677. The Balaban J connectivity index is 2.23. The normalized spacial score (nSPS) is 17.0. The fraction of sp³-hybridized carbons (Fsp3) is 0.471. The monoisotopic (exact) mass is 287 g/mol. The van der Waals surface area contributed by atoms with E-state index in [2.05, 4.69) is 11.8 Å². The van der Waals surface area contributed by atoms with E-state index in [0.29, 0.717) is 37.1 Å². The molecule has 0 bridgehead atoms. The van der Waals surface area contributed by atoms with Crippen LogP contribution in [0.15, 0.2) is 18.2 Å². The second kappa shape index (κ2) is 6.30. The Morgan fingerprint density at radius 3 is 2.67 bits per heavy atom. The van der Waals surface area contributed by atoms with Gasteiger partial charge in [0.2, 0.25) is 0 Å². The van der Waals surface area contributed by atoms with E-state index in [9.17, 15) is 9.90 Å². The molecule has 0 unspecified atom stereocenters. The van der Waals surface area contributed by atoms with Crippen LogP contribution in [-0.2, 0) is 0 Å². The summed E-state index contributed by atoms with van der Waals surface area (Å²) in [7, 11) is 0. The van der Waals surface area contributed by atoms with Crippen molar-refractivity contribution in [3.05, 3.63) is 34.9 Å². The first kappa shape index (κ1) is 15.6. The maximum Gasteiger partial charge on any atom is 0.255 e. The van der Waals surface area contributed by atoms with Crippen molar-refractivity contribution < 1.29 is 15.0 Å². The summed E-state index contributed by atoms with van der Waals surface area (Å²) in [6, 6.07) is 5.53. The average molecular weight is 287 g/mol. The molecule has 112 valence electrons. The number of carbonyl (C=O) groups is 1. The summed E-state index contributed by atoms with van der Waals surface area (Å²) in [5.41, 5.74) is 1.55. The zero-order valence-corrected chi connectivity index (χ0v) is 12.5. The first-order valence-corrected chi connectivity index (χ1v) is 7.15. The fourth-order valence-electron chi connectivity index (χ4n) is 2.44. The van der Waals surface area contributed by atoms with Gasteiger partial charge >= 0.3 is 0 Å². The Morgan fingerprint density at radius 1 is 1.38 bits per heavy atom. The first-order valence-electron chi connectivity index (χ1n) is 7.15. The molecule has 1 aliphatic heterocycles. The number of benzene rings is 1. The molecule has 4 nitrogen and oxygen atoms in total. The van der Waals surface area contributed by atoms with Gasteiger partial charge in [0.05, 0.1) is 11.2 Å². The molecule has 1 saturated heterocycles. The molecule has 2 N–H and O–H groups in total. The van der Waals surface area contributed by atoms with Crippen molar-refractivity contribution in [2.45, 2.75) is 32.3 Å². The van der Waals surface area contributed by atoms with Gasteiger partial charge in [-0.25, -0.2) is 0 Å². The number of likely N-dealkylation sites (tertiary alicyclic amines) is 1. The summed E-state index contributed by atoms with van der Waals surface area (Å²) in [6.07, 6.45) is 1.17. The summed E-state index contributed by atoms with van der Waals surface area (Å²) in [6.45, 7) is 4.61. The summed E-state index contributed by atoms with van der Waals surface area (Å²) >= 11 is 0. The van der Waals surface area contributed by atoms with Crippen LogP contribution in [0.1, 0.15) is 41.3 Å². The highest BCUT2D eigenvalue weighted by Crippen LogP contribution is 2.23. The standard InChI is InChI=1S/C17H21NO3/c1-13-5-6-15(14(12-13)4-3-11-19)16(20)18-9-7-17(2,21)8-10-18/h5-6,12,19,21H,7-11H2,1-2H3. The number of piperidine rings is 1. The first-order chi connectivity index (χ1) is 9.93. The average Bonchev–Trinajstić information content (AvgIpc) is 2.44. The number of aryl methyl sites for hydroxylation is 1. The van der Waals surface area contributed by atoms with Crippen LogP contribution in [0.5, 0.6) is 0 Å². The van der Waals surface area contributed by atoms with E-state index in [1.54, 1.807) is 17.9 Å². The van der Waals surface area contributed by atoms with Crippen molar-refractivity contribution in [2.75, 3.05) is 19.7 Å². The number of nitrogens with zero attached hydrogens (tertiary/aromatic N) is 1. The second-order valence-corrected chi connectivity index (χ2v) is 5.80. The fourth-order valence-corrected chi connectivity index (χ4v) is 2.44. The maximum absolute atomic E-state index is 12.6. The van der Waals surface area contributed by atoms with Crippen molar-refractivity contribution in [3.8, 4) is 11.8 Å². The zero-order chi connectivity index (χ0) is 15.5. The van der Waals surface area contributed by atoms with Gasteiger partial charge in [0.15, 0.2) is 0 Å². The zero-order valence-electron chi connectivity index (χ0n) is 12.5. The van der Waals surface area contributed by atoms with Gasteiger partial charge in [-0.2, -0.15) is 0 Å². The molecule has 1 heterocycles. The van der Waals surface area contributed by atoms with Crippen LogP contribution in [-0.4, -0.2) is 46.3 Å². The van der Waals surface area contributed by atoms with Crippen LogP contribution in [0.25, 0.3) is 0 Å². The summed E-state index contributed by atoms with van der Waals surface area (Å²) in [5.74, 6) is 5.38. The quantitative estimate of drug-likeness (QED) is 0.766. The molecule has 21 heavy (non-hydrogen) atoms. The molecule has 1 amide bonds. The number of hydrogen-bond donors (Lipinski definition) is 2. The lowest BCUT2D eigenvalue weighted by Gasteiger charge is -2.36. The van der Waals surface area contributed by atoms with Crippen LogP contribution in [0.3, 0.4) is 0 Å². The van der Waals surface area contributed by atoms with Gasteiger partial charge in [-0.05, 0) is 44.4 Å². The van der Waals surface area contributed by atoms with Crippen LogP contribution in [0.4, 0.5) is 0 Å². The number of aliphatic hydroxyl groups is 2. The third kappa shape index (κ3) is 3.84. The van der Waals surface area contributed by atoms with E-state index in [-0.39, 0.29) is 12.5 Å². The molecule has 0 atom stereocenters. The molecule has 0 spiro atoms.